The zero-order valence-electron chi connectivity index (χ0n) is 18.4. The van der Waals surface area contributed by atoms with Gasteiger partial charge >= 0.3 is 4.87 Å². The molecule has 33 heavy (non-hydrogen) atoms. The molecule has 172 valence electrons. The zero-order chi connectivity index (χ0) is 23.6. The summed E-state index contributed by atoms with van der Waals surface area (Å²) >= 11 is 1.03. The van der Waals surface area contributed by atoms with Crippen LogP contribution in [0.1, 0.15) is 24.1 Å². The molecule has 4 rings (SSSR count). The number of rotatable bonds is 8. The van der Waals surface area contributed by atoms with Gasteiger partial charge in [-0.1, -0.05) is 41.7 Å². The summed E-state index contributed by atoms with van der Waals surface area (Å²) in [4.78, 5) is 12.5. The quantitative estimate of drug-likeness (QED) is 0.406. The van der Waals surface area contributed by atoms with Gasteiger partial charge in [0.25, 0.3) is 0 Å². The summed E-state index contributed by atoms with van der Waals surface area (Å²) in [6, 6.07) is 19.1. The van der Waals surface area contributed by atoms with Crippen LogP contribution in [0, 0.1) is 0 Å². The van der Waals surface area contributed by atoms with Crippen LogP contribution in [0.2, 0.25) is 0 Å². The van der Waals surface area contributed by atoms with Crippen molar-refractivity contribution in [2.24, 2.45) is 0 Å². The first-order chi connectivity index (χ1) is 15.8. The van der Waals surface area contributed by atoms with Gasteiger partial charge in [0.1, 0.15) is 11.5 Å². The van der Waals surface area contributed by atoms with Crippen LogP contribution >= 0.6 is 11.3 Å². The lowest BCUT2D eigenvalue weighted by Gasteiger charge is -2.18. The topological polar surface area (TPSA) is 86.6 Å². The number of hydrogen-bond donors (Lipinski definition) is 1. The van der Waals surface area contributed by atoms with E-state index in [1.165, 1.54) is 13.2 Å². The lowest BCUT2D eigenvalue weighted by atomic mass is 10.1. The molecule has 0 radical (unpaired) electrons. The summed E-state index contributed by atoms with van der Waals surface area (Å²) in [6.45, 7) is 2.17. The van der Waals surface area contributed by atoms with Crippen LogP contribution in [0.25, 0.3) is 10.2 Å². The van der Waals surface area contributed by atoms with Crippen LogP contribution < -0.4 is 19.1 Å². The number of hydrogen-bond acceptors (Lipinski definition) is 6. The van der Waals surface area contributed by atoms with E-state index < -0.39 is 16.1 Å². The second-order valence-corrected chi connectivity index (χ2v) is 10.2. The molecular formula is C24H24N2O5S2. The Balaban J connectivity index is 1.64. The minimum atomic E-state index is -3.86. The van der Waals surface area contributed by atoms with Crippen LogP contribution in [0.3, 0.4) is 0 Å². The number of benzene rings is 3. The highest BCUT2D eigenvalue weighted by molar-refractivity contribution is 7.89. The van der Waals surface area contributed by atoms with E-state index in [-0.39, 0.29) is 9.77 Å². The molecule has 0 spiro atoms. The molecule has 0 aliphatic heterocycles. The summed E-state index contributed by atoms with van der Waals surface area (Å²) in [6.07, 6.45) is 0. The molecular weight excluding hydrogens is 460 g/mol. The number of thiazole rings is 1. The van der Waals surface area contributed by atoms with E-state index >= 15 is 0 Å². The predicted molar refractivity (Wildman–Crippen MR) is 130 cm³/mol. The number of aromatic nitrogens is 1. The number of fused-ring (bicyclic) bond motifs is 1. The van der Waals surface area contributed by atoms with Crippen molar-refractivity contribution in [3.05, 3.63) is 87.5 Å². The normalized spacial score (nSPS) is 12.6. The maximum atomic E-state index is 13.1. The maximum Gasteiger partial charge on any atom is 0.308 e. The Hall–Kier alpha value is -3.14. The number of nitrogens with zero attached hydrogens (tertiary/aromatic N) is 1. The number of sulfonamides is 1. The summed E-state index contributed by atoms with van der Waals surface area (Å²) in [5.41, 5.74) is 2.36. The van der Waals surface area contributed by atoms with E-state index in [9.17, 15) is 13.2 Å². The van der Waals surface area contributed by atoms with Crippen LogP contribution in [0.4, 0.5) is 0 Å². The molecule has 1 aromatic heterocycles. The average Bonchev–Trinajstić information content (AvgIpc) is 3.13. The molecule has 0 saturated heterocycles. The second kappa shape index (κ2) is 9.38. The lowest BCUT2D eigenvalue weighted by molar-refractivity contribution is 0.395. The third kappa shape index (κ3) is 4.80. The van der Waals surface area contributed by atoms with E-state index in [0.717, 1.165) is 16.9 Å². The summed E-state index contributed by atoms with van der Waals surface area (Å²) < 4.78 is 41.9. The van der Waals surface area contributed by atoms with Gasteiger partial charge in [-0.2, -0.15) is 0 Å². The Labute approximate surface area is 196 Å². The molecule has 4 aromatic rings. The fourth-order valence-electron chi connectivity index (χ4n) is 3.67. The first-order valence-corrected chi connectivity index (χ1v) is 12.5. The molecule has 1 heterocycles. The van der Waals surface area contributed by atoms with Gasteiger partial charge in [-0.3, -0.25) is 9.36 Å². The monoisotopic (exact) mass is 484 g/mol. The SMILES string of the molecule is COc1ccc(OC)c([C@H](C)NS(=O)(=O)c2ccc3c(c2)sc(=O)n3Cc2ccccc2)c1. The number of nitrogens with one attached hydrogen (secondary N) is 1. The molecule has 0 saturated carbocycles. The highest BCUT2D eigenvalue weighted by Crippen LogP contribution is 2.31. The van der Waals surface area contributed by atoms with Gasteiger partial charge < -0.3 is 9.47 Å². The number of methoxy groups -OCH3 is 2. The molecule has 1 atom stereocenters. The van der Waals surface area contributed by atoms with E-state index in [1.54, 1.807) is 48.9 Å². The van der Waals surface area contributed by atoms with E-state index in [2.05, 4.69) is 4.72 Å². The molecule has 9 heteroatoms. The Morgan fingerprint density at radius 3 is 2.45 bits per heavy atom. The van der Waals surface area contributed by atoms with E-state index in [0.29, 0.717) is 33.8 Å². The van der Waals surface area contributed by atoms with Crippen molar-refractivity contribution in [2.45, 2.75) is 24.4 Å². The van der Waals surface area contributed by atoms with Crippen molar-refractivity contribution in [2.75, 3.05) is 14.2 Å². The van der Waals surface area contributed by atoms with Crippen LogP contribution in [-0.4, -0.2) is 27.2 Å². The summed E-state index contributed by atoms with van der Waals surface area (Å²) in [5.74, 6) is 1.15. The average molecular weight is 485 g/mol. The Kier molecular flexibility index (Phi) is 6.55. The summed E-state index contributed by atoms with van der Waals surface area (Å²) in [5, 5.41) is 0. The molecule has 0 aliphatic carbocycles. The van der Waals surface area contributed by atoms with E-state index in [4.69, 9.17) is 9.47 Å². The van der Waals surface area contributed by atoms with Crippen molar-refractivity contribution >= 4 is 31.6 Å². The highest BCUT2D eigenvalue weighted by atomic mass is 32.2. The van der Waals surface area contributed by atoms with Crippen LogP contribution in [-0.2, 0) is 16.6 Å². The van der Waals surface area contributed by atoms with Crippen molar-refractivity contribution in [3.63, 3.8) is 0 Å². The zero-order valence-corrected chi connectivity index (χ0v) is 20.1. The van der Waals surface area contributed by atoms with E-state index in [1.807, 2.05) is 30.3 Å². The fraction of sp³-hybridized carbons (Fsp3) is 0.208. The van der Waals surface area contributed by atoms with Gasteiger partial charge in [-0.25, -0.2) is 13.1 Å². The standard InChI is InChI=1S/C24H24N2O5S2/c1-16(20-13-18(30-2)9-12-22(20)31-3)25-33(28,29)19-10-11-21-23(14-19)32-24(27)26(21)15-17-7-5-4-6-8-17/h4-14,16,25H,15H2,1-3H3/t16-/m0/s1. The molecule has 0 unspecified atom stereocenters. The molecule has 0 bridgehead atoms. The molecule has 1 N–H and O–H groups in total. The summed E-state index contributed by atoms with van der Waals surface area (Å²) in [7, 11) is -0.780. The van der Waals surface area contributed by atoms with Crippen molar-refractivity contribution < 1.29 is 17.9 Å². The van der Waals surface area contributed by atoms with Gasteiger partial charge in [0.05, 0.1) is 35.9 Å². The minimum Gasteiger partial charge on any atom is -0.497 e. The maximum absolute atomic E-state index is 13.1. The third-order valence-electron chi connectivity index (χ3n) is 5.37. The van der Waals surface area contributed by atoms with Gasteiger partial charge in [0.15, 0.2) is 0 Å². The molecule has 0 amide bonds. The minimum absolute atomic E-state index is 0.0943. The van der Waals surface area contributed by atoms with Crippen LogP contribution in [0.5, 0.6) is 11.5 Å². The Bertz CT molecular complexity index is 1440. The second-order valence-electron chi connectivity index (χ2n) is 7.52. The molecule has 7 nitrogen and oxygen atoms in total. The molecule has 0 aliphatic rings. The Morgan fingerprint density at radius 1 is 1.00 bits per heavy atom. The van der Waals surface area contributed by atoms with Gasteiger partial charge in [0, 0.05) is 11.6 Å². The van der Waals surface area contributed by atoms with Gasteiger partial charge in [-0.15, -0.1) is 0 Å². The smallest absolute Gasteiger partial charge is 0.308 e. The molecule has 0 fully saturated rings. The lowest BCUT2D eigenvalue weighted by Crippen LogP contribution is -2.27. The van der Waals surface area contributed by atoms with Gasteiger partial charge in [-0.05, 0) is 48.9 Å². The van der Waals surface area contributed by atoms with Crippen LogP contribution in [0.15, 0.2) is 76.4 Å². The number of ether oxygens (including phenoxy) is 2. The fourth-order valence-corrected chi connectivity index (χ4v) is 5.92. The Morgan fingerprint density at radius 2 is 1.76 bits per heavy atom. The highest BCUT2D eigenvalue weighted by Gasteiger charge is 2.22. The first kappa shape index (κ1) is 23.0. The van der Waals surface area contributed by atoms with Crippen molar-refractivity contribution in [3.8, 4) is 11.5 Å². The first-order valence-electron chi connectivity index (χ1n) is 10.2. The largest absolute Gasteiger partial charge is 0.497 e. The third-order valence-corrected chi connectivity index (χ3v) is 7.85. The van der Waals surface area contributed by atoms with Crippen molar-refractivity contribution in [1.82, 2.24) is 9.29 Å². The van der Waals surface area contributed by atoms with Gasteiger partial charge in [0.2, 0.25) is 10.0 Å². The van der Waals surface area contributed by atoms with Crippen molar-refractivity contribution in [1.29, 1.82) is 0 Å². The molecule has 3 aromatic carbocycles. The predicted octanol–water partition coefficient (Wildman–Crippen LogP) is 4.17.